The summed E-state index contributed by atoms with van der Waals surface area (Å²) < 4.78 is 85.1. The average Bonchev–Trinajstić information content (AvgIpc) is 3.18. The van der Waals surface area contributed by atoms with E-state index in [1.807, 2.05) is 0 Å². The highest BCUT2D eigenvalue weighted by Gasteiger charge is 2.57. The van der Waals surface area contributed by atoms with E-state index in [9.17, 15) is 19.2 Å². The van der Waals surface area contributed by atoms with E-state index in [-0.39, 0.29) is 13.2 Å². The molecule has 1 aliphatic rings. The smallest absolute Gasteiger partial charge is 0.477 e. The number of benzene rings is 2. The number of methoxy groups -OCH3 is 4. The normalized spacial score (nSPS) is 19.8. The predicted octanol–water partition coefficient (Wildman–Crippen LogP) is 7.77. The molecule has 0 bridgehead atoms. The lowest BCUT2D eigenvalue weighted by molar-refractivity contribution is -0.297. The molecule has 17 nitrogen and oxygen atoms in total. The molecule has 0 aliphatic carbocycles. The Kier molecular flexibility index (Phi) is 17.5. The van der Waals surface area contributed by atoms with Gasteiger partial charge in [-0.2, -0.15) is 0 Å². The van der Waals surface area contributed by atoms with Crippen LogP contribution in [0.25, 0.3) is 0 Å². The highest BCUT2D eigenvalue weighted by atomic mass is 31.2. The van der Waals surface area contributed by atoms with Crippen LogP contribution < -0.4 is 18.9 Å². The van der Waals surface area contributed by atoms with Crippen LogP contribution in [-0.4, -0.2) is 89.6 Å². The van der Waals surface area contributed by atoms with Gasteiger partial charge in [-0.05, 0) is 118 Å². The fourth-order valence-electron chi connectivity index (χ4n) is 5.25. The zero-order valence-corrected chi connectivity index (χ0v) is 39.8. The summed E-state index contributed by atoms with van der Waals surface area (Å²) in [7, 11) is 0.952. The van der Waals surface area contributed by atoms with Crippen LogP contribution in [0.3, 0.4) is 0 Å². The number of rotatable bonds is 17. The lowest BCUT2D eigenvalue weighted by Gasteiger charge is -2.46. The van der Waals surface area contributed by atoms with Gasteiger partial charge in [-0.3, -0.25) is 32.7 Å². The van der Waals surface area contributed by atoms with Gasteiger partial charge < -0.3 is 42.6 Å². The van der Waals surface area contributed by atoms with Crippen LogP contribution in [-0.2, 0) is 74.2 Å². The molecule has 348 valence electrons. The van der Waals surface area contributed by atoms with Crippen molar-refractivity contribution >= 4 is 31.7 Å². The number of ether oxygens (including phenoxy) is 9. The molecule has 0 radical (unpaired) electrons. The Morgan fingerprint density at radius 1 is 0.532 bits per heavy atom. The van der Waals surface area contributed by atoms with Crippen molar-refractivity contribution in [3.05, 3.63) is 47.5 Å². The highest BCUT2D eigenvalue weighted by Crippen LogP contribution is 2.54. The first-order chi connectivity index (χ1) is 28.6. The first kappa shape index (κ1) is 51.9. The minimum absolute atomic E-state index is 0.354. The molecule has 0 spiro atoms. The van der Waals surface area contributed by atoms with E-state index in [1.54, 1.807) is 119 Å². The van der Waals surface area contributed by atoms with Crippen LogP contribution in [0.15, 0.2) is 36.4 Å². The second kappa shape index (κ2) is 20.8. The number of carbonyl (C=O) groups excluding carboxylic acids is 4. The van der Waals surface area contributed by atoms with Gasteiger partial charge in [-0.25, -0.2) is 4.57 Å². The van der Waals surface area contributed by atoms with Gasteiger partial charge >= 0.3 is 31.7 Å². The second-order valence-electron chi connectivity index (χ2n) is 18.7. The molecule has 0 saturated carbocycles. The molecule has 18 heteroatoms. The number of hydrogen-bond donors (Lipinski definition) is 0. The zero-order chi connectivity index (χ0) is 47.0. The van der Waals surface area contributed by atoms with E-state index in [2.05, 4.69) is 0 Å². The SMILES string of the molecule is COc1ccc(COP(=O)(OCc2ccc(OC)c(OC)c2)O[C@H]2O[C@H](COC(=O)C(C)(C)C)[C@@H](OC(=O)C(C)(C)C)[C@H](OC(=O)C(C)(C)C)[C@@H]2OC(=O)C(C)(C)C)cc1OC. The van der Waals surface area contributed by atoms with E-state index in [4.69, 9.17) is 56.2 Å². The van der Waals surface area contributed by atoms with Crippen LogP contribution in [0.4, 0.5) is 0 Å². The highest BCUT2D eigenvalue weighted by molar-refractivity contribution is 7.48. The summed E-state index contributed by atoms with van der Waals surface area (Å²) in [6.45, 7) is 17.9. The summed E-state index contributed by atoms with van der Waals surface area (Å²) >= 11 is 0. The largest absolute Gasteiger partial charge is 0.493 e. The van der Waals surface area contributed by atoms with E-state index in [1.165, 1.54) is 28.4 Å². The zero-order valence-electron chi connectivity index (χ0n) is 38.9. The Bertz CT molecular complexity index is 1850. The van der Waals surface area contributed by atoms with Gasteiger partial charge in [0.25, 0.3) is 0 Å². The summed E-state index contributed by atoms with van der Waals surface area (Å²) in [6, 6.07) is 9.71. The molecular weight excluding hydrogens is 831 g/mol. The van der Waals surface area contributed by atoms with Gasteiger partial charge in [0, 0.05) is 0 Å². The number of carbonyl (C=O) groups is 4. The Hall–Kier alpha value is -4.41. The van der Waals surface area contributed by atoms with E-state index >= 15 is 4.57 Å². The number of phosphoric acid groups is 1. The minimum Gasteiger partial charge on any atom is -0.493 e. The third-order valence-electron chi connectivity index (χ3n) is 9.06. The quantitative estimate of drug-likeness (QED) is 0.0847. The standard InChI is InChI=1S/C44H65O17P/c1-41(2,3)37(45)54-25-32-33(58-38(46)42(4,5)6)34(59-39(47)43(7,8)9)35(60-40(48)44(10,11)12)36(57-32)61-62(49,55-23-26-17-19-28(50-13)30(21-26)52-15)56-24-27-18-20-29(51-14)31(22-27)53-16/h17-22,32-36H,23-25H2,1-16H3/t32-,33-,34+,35+,36-/m1/s1. The van der Waals surface area contributed by atoms with Gasteiger partial charge in [-0.1, -0.05) is 12.1 Å². The van der Waals surface area contributed by atoms with Gasteiger partial charge in [0.05, 0.1) is 63.3 Å². The first-order valence-electron chi connectivity index (χ1n) is 20.0. The molecule has 1 fully saturated rings. The number of phosphoric ester groups is 1. The van der Waals surface area contributed by atoms with Gasteiger partial charge in [0.15, 0.2) is 41.3 Å². The van der Waals surface area contributed by atoms with Gasteiger partial charge in [0.2, 0.25) is 6.29 Å². The van der Waals surface area contributed by atoms with Crippen molar-refractivity contribution in [2.45, 2.75) is 127 Å². The minimum atomic E-state index is -4.90. The Balaban J connectivity index is 2.27. The summed E-state index contributed by atoms with van der Waals surface area (Å²) in [5.41, 5.74) is -3.45. The molecular formula is C44H65O17P. The molecule has 0 amide bonds. The maximum Gasteiger partial charge on any atom is 0.477 e. The van der Waals surface area contributed by atoms with Crippen LogP contribution >= 0.6 is 7.82 Å². The lowest BCUT2D eigenvalue weighted by atomic mass is 9.93. The molecule has 1 heterocycles. The summed E-state index contributed by atoms with van der Waals surface area (Å²) in [6.07, 6.45) is -8.46. The van der Waals surface area contributed by atoms with Crippen molar-refractivity contribution in [2.75, 3.05) is 35.0 Å². The summed E-state index contributed by atoms with van der Waals surface area (Å²) in [5, 5.41) is 0. The van der Waals surface area contributed by atoms with Crippen LogP contribution in [0.5, 0.6) is 23.0 Å². The number of esters is 4. The molecule has 2 aromatic carbocycles. The fraction of sp³-hybridized carbons (Fsp3) is 0.636. The third kappa shape index (κ3) is 14.3. The monoisotopic (exact) mass is 896 g/mol. The van der Waals surface area contributed by atoms with Crippen molar-refractivity contribution < 1.29 is 79.9 Å². The van der Waals surface area contributed by atoms with Gasteiger partial charge in [-0.15, -0.1) is 0 Å². The molecule has 62 heavy (non-hydrogen) atoms. The molecule has 0 unspecified atom stereocenters. The van der Waals surface area contributed by atoms with Crippen LogP contribution in [0.1, 0.15) is 94.2 Å². The summed E-state index contributed by atoms with van der Waals surface area (Å²) in [5.74, 6) is -1.45. The summed E-state index contributed by atoms with van der Waals surface area (Å²) in [4.78, 5) is 54.3. The van der Waals surface area contributed by atoms with Crippen molar-refractivity contribution in [3.8, 4) is 23.0 Å². The van der Waals surface area contributed by atoms with E-state index in [0.29, 0.717) is 34.1 Å². The van der Waals surface area contributed by atoms with Crippen molar-refractivity contribution in [3.63, 3.8) is 0 Å². The van der Waals surface area contributed by atoms with Crippen molar-refractivity contribution in [1.82, 2.24) is 0 Å². The van der Waals surface area contributed by atoms with E-state index < -0.39 is 90.7 Å². The first-order valence-corrected chi connectivity index (χ1v) is 21.5. The molecule has 1 saturated heterocycles. The maximum absolute atomic E-state index is 15.1. The Labute approximate surface area is 365 Å². The Morgan fingerprint density at radius 2 is 0.903 bits per heavy atom. The molecule has 3 rings (SSSR count). The topological polar surface area (TPSA) is 196 Å². The predicted molar refractivity (Wildman–Crippen MR) is 224 cm³/mol. The number of hydrogen-bond acceptors (Lipinski definition) is 17. The molecule has 2 aromatic rings. The van der Waals surface area contributed by atoms with Gasteiger partial charge in [0.1, 0.15) is 12.7 Å². The molecule has 1 aliphatic heterocycles. The molecule has 5 atom stereocenters. The maximum atomic E-state index is 15.1. The Morgan fingerprint density at radius 3 is 1.27 bits per heavy atom. The van der Waals surface area contributed by atoms with Crippen molar-refractivity contribution in [2.24, 2.45) is 21.7 Å². The van der Waals surface area contributed by atoms with Crippen LogP contribution in [0.2, 0.25) is 0 Å². The fourth-order valence-corrected chi connectivity index (χ4v) is 6.48. The molecule has 0 N–H and O–H groups in total. The average molecular weight is 897 g/mol. The molecule has 0 aromatic heterocycles. The third-order valence-corrected chi connectivity index (χ3v) is 10.4. The van der Waals surface area contributed by atoms with Crippen LogP contribution in [0, 0.1) is 21.7 Å². The van der Waals surface area contributed by atoms with E-state index in [0.717, 1.165) is 0 Å². The van der Waals surface area contributed by atoms with Crippen molar-refractivity contribution in [1.29, 1.82) is 0 Å². The second-order valence-corrected chi connectivity index (χ2v) is 20.4. The lowest BCUT2D eigenvalue weighted by Crippen LogP contribution is -2.64.